The van der Waals surface area contributed by atoms with E-state index in [1.54, 1.807) is 6.92 Å². The van der Waals surface area contributed by atoms with Crippen LogP contribution in [0, 0.1) is 0 Å². The fraction of sp³-hybridized carbons (Fsp3) is 0.667. The van der Waals surface area contributed by atoms with Crippen molar-refractivity contribution in [1.29, 1.82) is 0 Å². The highest BCUT2D eigenvalue weighted by atomic mass is 16.5. The Morgan fingerprint density at radius 2 is 2.41 bits per heavy atom. The molecule has 120 valence electrons. The van der Waals surface area contributed by atoms with Gasteiger partial charge in [-0.15, -0.1) is 0 Å². The number of hydrogen-bond donors (Lipinski definition) is 2. The van der Waals surface area contributed by atoms with Gasteiger partial charge in [-0.2, -0.15) is 0 Å². The van der Waals surface area contributed by atoms with E-state index in [1.165, 1.54) is 10.8 Å². The maximum atomic E-state index is 11.9. The van der Waals surface area contributed by atoms with E-state index in [1.807, 2.05) is 0 Å². The molecular formula is C12H17N5O5. The van der Waals surface area contributed by atoms with E-state index in [2.05, 4.69) is 15.0 Å². The Labute approximate surface area is 124 Å². The van der Waals surface area contributed by atoms with Crippen molar-refractivity contribution in [2.45, 2.75) is 38.3 Å². The average molecular weight is 311 g/mol. The lowest BCUT2D eigenvalue weighted by molar-refractivity contribution is -0.0273. The molecule has 3 unspecified atom stereocenters. The Bertz CT molecular complexity index is 677. The van der Waals surface area contributed by atoms with Gasteiger partial charge in [0.05, 0.1) is 30.9 Å². The number of aromatic nitrogens is 2. The van der Waals surface area contributed by atoms with Crippen molar-refractivity contribution in [2.24, 2.45) is 5.11 Å². The zero-order valence-electron chi connectivity index (χ0n) is 12.0. The molecule has 1 aliphatic heterocycles. The molecule has 0 aromatic carbocycles. The zero-order chi connectivity index (χ0) is 16.1. The van der Waals surface area contributed by atoms with Gasteiger partial charge in [0, 0.05) is 24.1 Å². The second kappa shape index (κ2) is 7.23. The predicted octanol–water partition coefficient (Wildman–Crippen LogP) is 0.0318. The maximum Gasteiger partial charge on any atom is 0.330 e. The van der Waals surface area contributed by atoms with Crippen molar-refractivity contribution in [3.8, 4) is 0 Å². The Morgan fingerprint density at radius 1 is 1.64 bits per heavy atom. The van der Waals surface area contributed by atoms with Gasteiger partial charge in [0.25, 0.3) is 5.56 Å². The number of aliphatic hydroxyl groups excluding tert-OH is 1. The van der Waals surface area contributed by atoms with Gasteiger partial charge in [0.15, 0.2) is 0 Å². The topological polar surface area (TPSA) is 142 Å². The number of H-pyrrole nitrogens is 1. The molecule has 0 aliphatic carbocycles. The number of aliphatic hydroxyl groups is 1. The highest BCUT2D eigenvalue weighted by molar-refractivity contribution is 5.04. The minimum Gasteiger partial charge on any atom is -0.394 e. The zero-order valence-corrected chi connectivity index (χ0v) is 12.0. The van der Waals surface area contributed by atoms with E-state index in [-0.39, 0.29) is 25.2 Å². The van der Waals surface area contributed by atoms with Gasteiger partial charge in [-0.1, -0.05) is 5.11 Å². The summed E-state index contributed by atoms with van der Waals surface area (Å²) in [6.07, 6.45) is 0.191. The quantitative estimate of drug-likeness (QED) is 0.433. The first-order chi connectivity index (χ1) is 10.6. The first-order valence-electron chi connectivity index (χ1n) is 6.83. The van der Waals surface area contributed by atoms with Gasteiger partial charge in [-0.25, -0.2) is 4.79 Å². The molecule has 0 radical (unpaired) electrons. The number of rotatable bonds is 6. The molecule has 2 heterocycles. The van der Waals surface area contributed by atoms with E-state index in [9.17, 15) is 14.7 Å². The van der Waals surface area contributed by atoms with Crippen LogP contribution in [0.5, 0.6) is 0 Å². The normalized spacial score (nSPS) is 24.2. The minimum atomic E-state index is -0.725. The van der Waals surface area contributed by atoms with E-state index in [4.69, 9.17) is 15.0 Å². The Balaban J connectivity index is 2.30. The molecule has 3 atom stereocenters. The van der Waals surface area contributed by atoms with Crippen LogP contribution < -0.4 is 11.2 Å². The lowest BCUT2D eigenvalue weighted by Gasteiger charge is -2.15. The van der Waals surface area contributed by atoms with Gasteiger partial charge < -0.3 is 14.6 Å². The van der Waals surface area contributed by atoms with Crippen LogP contribution in [-0.4, -0.2) is 40.0 Å². The van der Waals surface area contributed by atoms with Crippen LogP contribution in [0.3, 0.4) is 0 Å². The van der Waals surface area contributed by atoms with E-state index in [0.29, 0.717) is 6.61 Å². The molecule has 10 heteroatoms. The van der Waals surface area contributed by atoms with Crippen LogP contribution in [0.15, 0.2) is 20.9 Å². The maximum absolute atomic E-state index is 11.9. The van der Waals surface area contributed by atoms with Crippen LogP contribution >= 0.6 is 0 Å². The Kier molecular flexibility index (Phi) is 5.34. The standard InChI is InChI=1S/C12H17N5O5/c1-2-21-6-7-4-17(12(20)14-11(7)19)10-3-8(15-16-13)9(5-18)22-10/h4,8-10,18H,2-3,5-6H2,1H3,(H,14,19,20). The molecule has 1 saturated heterocycles. The SMILES string of the molecule is CCOCc1cn(C2CC(N=[N+]=[N-])C(CO)O2)c(=O)[nH]c1=O. The molecule has 10 nitrogen and oxygen atoms in total. The molecule has 0 amide bonds. The third-order valence-electron chi connectivity index (χ3n) is 3.40. The van der Waals surface area contributed by atoms with Crippen molar-refractivity contribution in [3.63, 3.8) is 0 Å². The second-order valence-corrected chi connectivity index (χ2v) is 4.78. The van der Waals surface area contributed by atoms with Crippen molar-refractivity contribution in [1.82, 2.24) is 9.55 Å². The number of hydrogen-bond acceptors (Lipinski definition) is 6. The molecule has 2 rings (SSSR count). The molecule has 1 fully saturated rings. The third-order valence-corrected chi connectivity index (χ3v) is 3.40. The van der Waals surface area contributed by atoms with Crippen molar-refractivity contribution >= 4 is 0 Å². The fourth-order valence-electron chi connectivity index (χ4n) is 2.29. The molecule has 1 aromatic rings. The molecule has 0 spiro atoms. The summed E-state index contributed by atoms with van der Waals surface area (Å²) < 4.78 is 11.9. The molecule has 2 N–H and O–H groups in total. The van der Waals surface area contributed by atoms with Crippen LogP contribution in [0.2, 0.25) is 0 Å². The molecule has 0 bridgehead atoms. The molecule has 1 aromatic heterocycles. The smallest absolute Gasteiger partial charge is 0.330 e. The lowest BCUT2D eigenvalue weighted by atomic mass is 10.1. The van der Waals surface area contributed by atoms with Crippen molar-refractivity contribution < 1.29 is 14.6 Å². The summed E-state index contributed by atoms with van der Waals surface area (Å²) in [5.74, 6) is 0. The minimum absolute atomic E-state index is 0.0715. The van der Waals surface area contributed by atoms with Gasteiger partial charge in [-0.3, -0.25) is 14.3 Å². The van der Waals surface area contributed by atoms with Gasteiger partial charge in [0.1, 0.15) is 6.23 Å². The van der Waals surface area contributed by atoms with Gasteiger partial charge in [-0.05, 0) is 12.5 Å². The summed E-state index contributed by atoms with van der Waals surface area (Å²) in [5, 5.41) is 12.8. The van der Waals surface area contributed by atoms with Gasteiger partial charge >= 0.3 is 5.69 Å². The number of azide groups is 1. The number of nitrogens with one attached hydrogen (secondary N) is 1. The molecular weight excluding hydrogens is 294 g/mol. The average Bonchev–Trinajstić information content (AvgIpc) is 2.89. The fourth-order valence-corrected chi connectivity index (χ4v) is 2.29. The molecule has 22 heavy (non-hydrogen) atoms. The van der Waals surface area contributed by atoms with Crippen LogP contribution in [0.25, 0.3) is 10.4 Å². The second-order valence-electron chi connectivity index (χ2n) is 4.78. The van der Waals surface area contributed by atoms with Crippen LogP contribution in [0.4, 0.5) is 0 Å². The molecule has 1 aliphatic rings. The van der Waals surface area contributed by atoms with E-state index >= 15 is 0 Å². The number of ether oxygens (including phenoxy) is 2. The Morgan fingerprint density at radius 3 is 3.05 bits per heavy atom. The highest BCUT2D eigenvalue weighted by Crippen LogP contribution is 2.29. The lowest BCUT2D eigenvalue weighted by Crippen LogP contribution is -2.34. The summed E-state index contributed by atoms with van der Waals surface area (Å²) in [7, 11) is 0. The summed E-state index contributed by atoms with van der Waals surface area (Å²) in [4.78, 5) is 28.5. The number of aromatic amines is 1. The first kappa shape index (κ1) is 16.2. The monoisotopic (exact) mass is 311 g/mol. The van der Waals surface area contributed by atoms with Crippen LogP contribution in [0.1, 0.15) is 25.1 Å². The summed E-state index contributed by atoms with van der Waals surface area (Å²) in [6, 6.07) is -0.575. The summed E-state index contributed by atoms with van der Waals surface area (Å²) >= 11 is 0. The first-order valence-corrected chi connectivity index (χ1v) is 6.83. The number of nitrogens with zero attached hydrogens (tertiary/aromatic N) is 4. The summed E-state index contributed by atoms with van der Waals surface area (Å²) in [6.45, 7) is 1.97. The van der Waals surface area contributed by atoms with Crippen molar-refractivity contribution in [2.75, 3.05) is 13.2 Å². The van der Waals surface area contributed by atoms with E-state index in [0.717, 1.165) is 0 Å². The van der Waals surface area contributed by atoms with Gasteiger partial charge in [0.2, 0.25) is 0 Å². The van der Waals surface area contributed by atoms with E-state index < -0.39 is 29.6 Å². The predicted molar refractivity (Wildman–Crippen MR) is 75.2 cm³/mol. The van der Waals surface area contributed by atoms with Crippen molar-refractivity contribution in [3.05, 3.63) is 43.0 Å². The Hall–Kier alpha value is -2.13. The highest BCUT2D eigenvalue weighted by Gasteiger charge is 2.35. The van der Waals surface area contributed by atoms with Crippen LogP contribution in [-0.2, 0) is 16.1 Å². The molecule has 0 saturated carbocycles. The largest absolute Gasteiger partial charge is 0.394 e. The third kappa shape index (κ3) is 3.37. The summed E-state index contributed by atoms with van der Waals surface area (Å²) in [5.41, 5.74) is 7.66.